The maximum absolute atomic E-state index is 13.8. The molecule has 1 heterocycles. The standard InChI is InChI=1S/C30H33ClF2N2O7/c1-30(2,3)42-13-12-20(27(36)35-19-9-6-17(7-10-19)29(38)40-5)26-25(23(39-4)15-34-28(26)37)21-14-18(31)8-11-22(21)41-16-24(32)33/h6-11,14-15,20,24H,12-13,16H2,1-5H3,(H,34,37)(H,35,36). The molecular weight excluding hydrogens is 574 g/mol. The van der Waals surface area contributed by atoms with E-state index >= 15 is 0 Å². The van der Waals surface area contributed by atoms with Crippen LogP contribution in [0, 0.1) is 0 Å². The van der Waals surface area contributed by atoms with E-state index in [0.29, 0.717) is 5.69 Å². The van der Waals surface area contributed by atoms with Crippen LogP contribution in [-0.2, 0) is 14.3 Å². The van der Waals surface area contributed by atoms with Gasteiger partial charge in [-0.1, -0.05) is 11.6 Å². The van der Waals surface area contributed by atoms with E-state index in [1.165, 1.54) is 62.9 Å². The Kier molecular flexibility index (Phi) is 11.1. The number of aromatic amines is 1. The molecule has 1 atom stereocenters. The Morgan fingerprint density at radius 3 is 2.33 bits per heavy atom. The van der Waals surface area contributed by atoms with Crippen molar-refractivity contribution in [1.82, 2.24) is 4.98 Å². The number of amides is 1. The van der Waals surface area contributed by atoms with Gasteiger partial charge in [-0.25, -0.2) is 13.6 Å². The zero-order valence-electron chi connectivity index (χ0n) is 23.9. The summed E-state index contributed by atoms with van der Waals surface area (Å²) in [6.07, 6.45) is -1.38. The Balaban J connectivity index is 2.16. The summed E-state index contributed by atoms with van der Waals surface area (Å²) in [6, 6.07) is 10.3. The number of methoxy groups -OCH3 is 2. The number of ether oxygens (including phenoxy) is 4. The van der Waals surface area contributed by atoms with Crippen LogP contribution < -0.4 is 20.3 Å². The number of benzene rings is 2. The predicted octanol–water partition coefficient (Wildman–Crippen LogP) is 6.06. The van der Waals surface area contributed by atoms with Crippen LogP contribution in [-0.4, -0.2) is 56.3 Å². The van der Waals surface area contributed by atoms with Gasteiger partial charge >= 0.3 is 5.97 Å². The van der Waals surface area contributed by atoms with Crippen molar-refractivity contribution < 1.29 is 37.3 Å². The molecule has 1 unspecified atom stereocenters. The van der Waals surface area contributed by atoms with Gasteiger partial charge in [-0.15, -0.1) is 0 Å². The number of aromatic nitrogens is 1. The average Bonchev–Trinajstić information content (AvgIpc) is 2.94. The number of rotatable bonds is 12. The third-order valence-electron chi connectivity index (χ3n) is 6.07. The second-order valence-electron chi connectivity index (χ2n) is 10.2. The van der Waals surface area contributed by atoms with E-state index in [1.807, 2.05) is 20.8 Å². The fourth-order valence-electron chi connectivity index (χ4n) is 4.20. The summed E-state index contributed by atoms with van der Waals surface area (Å²) in [5.74, 6) is -2.03. The maximum Gasteiger partial charge on any atom is 0.337 e. The molecule has 12 heteroatoms. The Morgan fingerprint density at radius 1 is 1.05 bits per heavy atom. The highest BCUT2D eigenvalue weighted by atomic mass is 35.5. The first-order valence-electron chi connectivity index (χ1n) is 13.0. The van der Waals surface area contributed by atoms with Crippen LogP contribution in [0.25, 0.3) is 11.1 Å². The van der Waals surface area contributed by atoms with E-state index in [0.717, 1.165) is 0 Å². The summed E-state index contributed by atoms with van der Waals surface area (Å²) >= 11 is 6.28. The fraction of sp³-hybridized carbons (Fsp3) is 0.367. The van der Waals surface area contributed by atoms with Crippen LogP contribution >= 0.6 is 11.6 Å². The van der Waals surface area contributed by atoms with E-state index in [4.69, 9.17) is 30.5 Å². The molecule has 226 valence electrons. The minimum absolute atomic E-state index is 0.000274. The molecule has 0 fully saturated rings. The Labute approximate surface area is 247 Å². The molecule has 0 bridgehead atoms. The minimum Gasteiger partial charge on any atom is -0.495 e. The highest BCUT2D eigenvalue weighted by molar-refractivity contribution is 6.31. The number of hydrogen-bond donors (Lipinski definition) is 2. The lowest BCUT2D eigenvalue weighted by Gasteiger charge is -2.25. The summed E-state index contributed by atoms with van der Waals surface area (Å²) in [6.45, 7) is 4.76. The van der Waals surface area contributed by atoms with Crippen molar-refractivity contribution in [3.8, 4) is 22.6 Å². The smallest absolute Gasteiger partial charge is 0.337 e. The van der Waals surface area contributed by atoms with E-state index in [-0.39, 0.29) is 51.8 Å². The highest BCUT2D eigenvalue weighted by Crippen LogP contribution is 2.42. The fourth-order valence-corrected chi connectivity index (χ4v) is 4.37. The van der Waals surface area contributed by atoms with Crippen molar-refractivity contribution in [3.05, 3.63) is 75.2 Å². The third-order valence-corrected chi connectivity index (χ3v) is 6.31. The number of carbonyl (C=O) groups excluding carboxylic acids is 2. The van der Waals surface area contributed by atoms with Crippen LogP contribution in [0.4, 0.5) is 14.5 Å². The van der Waals surface area contributed by atoms with Gasteiger partial charge in [-0.3, -0.25) is 9.59 Å². The number of nitrogens with one attached hydrogen (secondary N) is 2. The molecule has 2 aromatic carbocycles. The maximum atomic E-state index is 13.8. The van der Waals surface area contributed by atoms with Gasteiger partial charge in [0.25, 0.3) is 12.0 Å². The quantitative estimate of drug-likeness (QED) is 0.241. The lowest BCUT2D eigenvalue weighted by atomic mass is 9.88. The first-order chi connectivity index (χ1) is 19.8. The summed E-state index contributed by atoms with van der Waals surface area (Å²) in [5.41, 5.74) is -0.142. The third kappa shape index (κ3) is 8.53. The van der Waals surface area contributed by atoms with Crippen molar-refractivity contribution in [3.63, 3.8) is 0 Å². The number of esters is 1. The second-order valence-corrected chi connectivity index (χ2v) is 10.6. The van der Waals surface area contributed by atoms with Crippen LogP contribution in [0.3, 0.4) is 0 Å². The van der Waals surface area contributed by atoms with Crippen molar-refractivity contribution in [1.29, 1.82) is 0 Å². The van der Waals surface area contributed by atoms with Gasteiger partial charge in [0.05, 0.1) is 31.3 Å². The number of alkyl halides is 2. The van der Waals surface area contributed by atoms with Gasteiger partial charge in [0, 0.05) is 40.2 Å². The topological polar surface area (TPSA) is 116 Å². The molecule has 0 aliphatic rings. The molecule has 0 saturated heterocycles. The van der Waals surface area contributed by atoms with Crippen molar-refractivity contribution >= 4 is 29.2 Å². The molecular formula is C30H33ClF2N2O7. The molecule has 0 saturated carbocycles. The lowest BCUT2D eigenvalue weighted by molar-refractivity contribution is -0.118. The average molecular weight is 607 g/mol. The molecule has 2 N–H and O–H groups in total. The number of pyridine rings is 1. The predicted molar refractivity (Wildman–Crippen MR) is 155 cm³/mol. The van der Waals surface area contributed by atoms with Crippen LogP contribution in [0.15, 0.2) is 53.5 Å². The zero-order chi connectivity index (χ0) is 31.0. The van der Waals surface area contributed by atoms with Crippen LogP contribution in [0.2, 0.25) is 5.02 Å². The zero-order valence-corrected chi connectivity index (χ0v) is 24.6. The molecule has 42 heavy (non-hydrogen) atoms. The summed E-state index contributed by atoms with van der Waals surface area (Å²) < 4.78 is 47.6. The van der Waals surface area contributed by atoms with E-state index in [2.05, 4.69) is 10.3 Å². The number of H-pyrrole nitrogens is 1. The Hall–Kier alpha value is -3.96. The van der Waals surface area contributed by atoms with Gasteiger partial charge < -0.3 is 29.2 Å². The van der Waals surface area contributed by atoms with Crippen LogP contribution in [0.1, 0.15) is 49.0 Å². The molecule has 1 aromatic heterocycles. The molecule has 0 aliphatic heterocycles. The van der Waals surface area contributed by atoms with Gasteiger partial charge in [-0.2, -0.15) is 0 Å². The van der Waals surface area contributed by atoms with Crippen LogP contribution in [0.5, 0.6) is 11.5 Å². The number of anilines is 1. The molecule has 0 radical (unpaired) electrons. The van der Waals surface area contributed by atoms with Crippen molar-refractivity contribution in [2.45, 2.75) is 45.1 Å². The lowest BCUT2D eigenvalue weighted by Crippen LogP contribution is -2.30. The largest absolute Gasteiger partial charge is 0.495 e. The van der Waals surface area contributed by atoms with Gasteiger partial charge in [-0.05, 0) is 69.7 Å². The molecule has 0 aliphatic carbocycles. The summed E-state index contributed by atoms with van der Waals surface area (Å²) in [7, 11) is 2.63. The van der Waals surface area contributed by atoms with E-state index < -0.39 is 42.0 Å². The highest BCUT2D eigenvalue weighted by Gasteiger charge is 2.31. The monoisotopic (exact) mass is 606 g/mol. The molecule has 9 nitrogen and oxygen atoms in total. The number of hydrogen-bond acceptors (Lipinski definition) is 7. The Morgan fingerprint density at radius 2 is 1.74 bits per heavy atom. The number of halogens is 3. The van der Waals surface area contributed by atoms with E-state index in [9.17, 15) is 23.2 Å². The molecule has 0 spiro atoms. The van der Waals surface area contributed by atoms with Gasteiger partial charge in [0.1, 0.15) is 18.1 Å². The first kappa shape index (κ1) is 32.6. The minimum atomic E-state index is -2.76. The molecule has 1 amide bonds. The first-order valence-corrected chi connectivity index (χ1v) is 13.4. The van der Waals surface area contributed by atoms with Gasteiger partial charge in [0.2, 0.25) is 5.91 Å². The van der Waals surface area contributed by atoms with Crippen molar-refractivity contribution in [2.24, 2.45) is 0 Å². The normalized spacial score (nSPS) is 12.1. The summed E-state index contributed by atoms with van der Waals surface area (Å²) in [5, 5.41) is 3.03. The van der Waals surface area contributed by atoms with Gasteiger partial charge in [0.15, 0.2) is 0 Å². The van der Waals surface area contributed by atoms with Crippen molar-refractivity contribution in [2.75, 3.05) is 32.8 Å². The Bertz CT molecular complexity index is 1450. The molecule has 3 rings (SSSR count). The number of carbonyl (C=O) groups is 2. The molecule has 3 aromatic rings. The van der Waals surface area contributed by atoms with E-state index in [1.54, 1.807) is 0 Å². The summed E-state index contributed by atoms with van der Waals surface area (Å²) in [4.78, 5) is 41.7. The SMILES string of the molecule is COC(=O)c1ccc(NC(=O)C(CCOC(C)(C)C)c2c(-c3cc(Cl)ccc3OCC(F)F)c(OC)c[nH]c2=O)cc1. The second kappa shape index (κ2) is 14.3.